The number of ether oxygens (including phenoxy) is 1. The molecule has 0 atom stereocenters. The lowest BCUT2D eigenvalue weighted by atomic mass is 9.88. The summed E-state index contributed by atoms with van der Waals surface area (Å²) in [5.74, 6) is 1.25. The molecule has 5 nitrogen and oxygen atoms in total. The lowest BCUT2D eigenvalue weighted by Crippen LogP contribution is -2.50. The van der Waals surface area contributed by atoms with Crippen molar-refractivity contribution in [2.24, 2.45) is 5.92 Å². The van der Waals surface area contributed by atoms with E-state index in [1.807, 2.05) is 12.1 Å². The summed E-state index contributed by atoms with van der Waals surface area (Å²) in [5.41, 5.74) is 0.820. The van der Waals surface area contributed by atoms with E-state index >= 15 is 0 Å². The summed E-state index contributed by atoms with van der Waals surface area (Å²) < 4.78 is 6.49. The SMILES string of the molecule is COc1c(Cl)ccc2sc(N3CCN(C(=O)C4CCCCC4)CC3)nc12. The van der Waals surface area contributed by atoms with Crippen LogP contribution in [-0.4, -0.2) is 49.1 Å². The number of methoxy groups -OCH3 is 1. The molecule has 2 aromatic rings. The van der Waals surface area contributed by atoms with E-state index in [9.17, 15) is 4.79 Å². The van der Waals surface area contributed by atoms with E-state index in [1.165, 1.54) is 19.3 Å². The number of thiazole rings is 1. The van der Waals surface area contributed by atoms with Gasteiger partial charge in [-0.2, -0.15) is 0 Å². The van der Waals surface area contributed by atoms with Gasteiger partial charge in [0.25, 0.3) is 0 Å². The van der Waals surface area contributed by atoms with Crippen LogP contribution < -0.4 is 9.64 Å². The van der Waals surface area contributed by atoms with Gasteiger partial charge in [-0.05, 0) is 25.0 Å². The number of nitrogens with zero attached hydrogens (tertiary/aromatic N) is 3. The van der Waals surface area contributed by atoms with Crippen LogP contribution in [0.15, 0.2) is 12.1 Å². The zero-order chi connectivity index (χ0) is 18.1. The summed E-state index contributed by atoms with van der Waals surface area (Å²) in [6, 6.07) is 3.84. The van der Waals surface area contributed by atoms with E-state index in [1.54, 1.807) is 18.4 Å². The maximum Gasteiger partial charge on any atom is 0.225 e. The molecule has 0 spiro atoms. The Balaban J connectivity index is 1.44. The molecule has 1 aromatic carbocycles. The average molecular weight is 394 g/mol. The number of anilines is 1. The normalized spacial score (nSPS) is 19.2. The van der Waals surface area contributed by atoms with E-state index in [0.29, 0.717) is 16.7 Å². The summed E-state index contributed by atoms with van der Waals surface area (Å²) >= 11 is 7.86. The third kappa shape index (κ3) is 3.37. The van der Waals surface area contributed by atoms with Crippen molar-refractivity contribution in [1.82, 2.24) is 9.88 Å². The van der Waals surface area contributed by atoms with Gasteiger partial charge in [0.1, 0.15) is 5.52 Å². The Morgan fingerprint density at radius 1 is 1.19 bits per heavy atom. The highest BCUT2D eigenvalue weighted by Crippen LogP contribution is 2.38. The quantitative estimate of drug-likeness (QED) is 0.784. The summed E-state index contributed by atoms with van der Waals surface area (Å²) in [6.07, 6.45) is 5.82. The molecular formula is C19H24ClN3O2S. The number of carbonyl (C=O) groups is 1. The molecule has 1 saturated heterocycles. The van der Waals surface area contributed by atoms with Gasteiger partial charge in [0, 0.05) is 32.1 Å². The van der Waals surface area contributed by atoms with E-state index in [0.717, 1.165) is 54.4 Å². The van der Waals surface area contributed by atoms with Crippen LogP contribution in [0, 0.1) is 5.92 Å². The Morgan fingerprint density at radius 2 is 1.92 bits per heavy atom. The third-order valence-electron chi connectivity index (χ3n) is 5.48. The van der Waals surface area contributed by atoms with E-state index < -0.39 is 0 Å². The Morgan fingerprint density at radius 3 is 2.62 bits per heavy atom. The Kier molecular flexibility index (Phi) is 5.23. The predicted molar refractivity (Wildman–Crippen MR) is 107 cm³/mol. The second-order valence-electron chi connectivity index (χ2n) is 7.07. The minimum atomic E-state index is 0.254. The Hall–Kier alpha value is -1.53. The molecule has 7 heteroatoms. The fraction of sp³-hybridized carbons (Fsp3) is 0.579. The van der Waals surface area contributed by atoms with Crippen LogP contribution in [0.1, 0.15) is 32.1 Å². The highest BCUT2D eigenvalue weighted by molar-refractivity contribution is 7.22. The van der Waals surface area contributed by atoms with Crippen LogP contribution in [0.25, 0.3) is 10.2 Å². The van der Waals surface area contributed by atoms with Gasteiger partial charge < -0.3 is 14.5 Å². The number of piperazine rings is 1. The van der Waals surface area contributed by atoms with Crippen molar-refractivity contribution in [3.05, 3.63) is 17.2 Å². The number of benzene rings is 1. The van der Waals surface area contributed by atoms with Gasteiger partial charge in [0.2, 0.25) is 5.91 Å². The number of rotatable bonds is 3. The molecule has 2 aliphatic rings. The molecule has 26 heavy (non-hydrogen) atoms. The largest absolute Gasteiger partial charge is 0.493 e. The van der Waals surface area contributed by atoms with Crippen molar-refractivity contribution < 1.29 is 9.53 Å². The van der Waals surface area contributed by atoms with Gasteiger partial charge in [-0.3, -0.25) is 4.79 Å². The predicted octanol–water partition coefficient (Wildman–Crippen LogP) is 4.19. The first-order valence-electron chi connectivity index (χ1n) is 9.34. The van der Waals surface area contributed by atoms with Crippen molar-refractivity contribution in [1.29, 1.82) is 0 Å². The van der Waals surface area contributed by atoms with Gasteiger partial charge in [-0.1, -0.05) is 42.2 Å². The number of fused-ring (bicyclic) bond motifs is 1. The molecule has 0 unspecified atom stereocenters. The Labute approximate surface area is 162 Å². The third-order valence-corrected chi connectivity index (χ3v) is 6.85. The van der Waals surface area contributed by atoms with E-state index in [2.05, 4.69) is 9.80 Å². The molecule has 2 heterocycles. The molecule has 0 bridgehead atoms. The van der Waals surface area contributed by atoms with Gasteiger partial charge in [-0.15, -0.1) is 0 Å². The van der Waals surface area contributed by atoms with Gasteiger partial charge in [0.05, 0.1) is 16.8 Å². The molecule has 2 fully saturated rings. The van der Waals surface area contributed by atoms with Crippen LogP contribution in [0.3, 0.4) is 0 Å². The molecule has 4 rings (SSSR count). The molecule has 1 saturated carbocycles. The maximum absolute atomic E-state index is 12.7. The molecular weight excluding hydrogens is 370 g/mol. The minimum Gasteiger partial charge on any atom is -0.493 e. The summed E-state index contributed by atoms with van der Waals surface area (Å²) in [6.45, 7) is 3.22. The second-order valence-corrected chi connectivity index (χ2v) is 8.49. The maximum atomic E-state index is 12.7. The van der Waals surface area contributed by atoms with Crippen LogP contribution in [0.4, 0.5) is 5.13 Å². The summed E-state index contributed by atoms with van der Waals surface area (Å²) in [5, 5.41) is 1.56. The van der Waals surface area contributed by atoms with Crippen molar-refractivity contribution in [2.45, 2.75) is 32.1 Å². The van der Waals surface area contributed by atoms with Crippen molar-refractivity contribution in [3.63, 3.8) is 0 Å². The number of hydrogen-bond acceptors (Lipinski definition) is 5. The van der Waals surface area contributed by atoms with Gasteiger partial charge in [-0.25, -0.2) is 4.98 Å². The van der Waals surface area contributed by atoms with Gasteiger partial charge in [0.15, 0.2) is 10.9 Å². The van der Waals surface area contributed by atoms with Crippen LogP contribution in [0.5, 0.6) is 5.75 Å². The monoisotopic (exact) mass is 393 g/mol. The standard InChI is InChI=1S/C19H24ClN3O2S/c1-25-17-14(20)7-8-15-16(17)21-19(26-15)23-11-9-22(10-12-23)18(24)13-5-3-2-4-6-13/h7-8,13H,2-6,9-12H2,1H3. The molecule has 0 N–H and O–H groups in total. The number of carbonyl (C=O) groups excluding carboxylic acids is 1. The number of aromatic nitrogens is 1. The van der Waals surface area contributed by atoms with Crippen LogP contribution in [-0.2, 0) is 4.79 Å². The molecule has 1 amide bonds. The Bertz CT molecular complexity index is 795. The lowest BCUT2D eigenvalue weighted by molar-refractivity contribution is -0.136. The van der Waals surface area contributed by atoms with Crippen molar-refractivity contribution >= 4 is 44.2 Å². The first-order chi connectivity index (χ1) is 12.7. The first-order valence-corrected chi connectivity index (χ1v) is 10.5. The highest BCUT2D eigenvalue weighted by Gasteiger charge is 2.29. The van der Waals surface area contributed by atoms with E-state index in [-0.39, 0.29) is 5.92 Å². The average Bonchev–Trinajstić information content (AvgIpc) is 3.12. The number of halogens is 1. The number of amides is 1. The molecule has 0 radical (unpaired) electrons. The fourth-order valence-corrected chi connectivity index (χ4v) is 5.23. The zero-order valence-electron chi connectivity index (χ0n) is 15.0. The first kappa shape index (κ1) is 17.9. The highest BCUT2D eigenvalue weighted by atomic mass is 35.5. The van der Waals surface area contributed by atoms with Crippen molar-refractivity contribution in [3.8, 4) is 5.75 Å². The summed E-state index contributed by atoms with van der Waals surface area (Å²) in [4.78, 5) is 21.8. The van der Waals surface area contributed by atoms with Crippen molar-refractivity contribution in [2.75, 3.05) is 38.2 Å². The van der Waals surface area contributed by atoms with Crippen LogP contribution in [0.2, 0.25) is 5.02 Å². The van der Waals surface area contributed by atoms with E-state index in [4.69, 9.17) is 21.3 Å². The zero-order valence-corrected chi connectivity index (χ0v) is 16.6. The topological polar surface area (TPSA) is 45.7 Å². The molecule has 1 aliphatic heterocycles. The molecule has 1 aliphatic carbocycles. The molecule has 1 aromatic heterocycles. The lowest BCUT2D eigenvalue weighted by Gasteiger charge is -2.37. The van der Waals surface area contributed by atoms with Gasteiger partial charge >= 0.3 is 0 Å². The minimum absolute atomic E-state index is 0.254. The summed E-state index contributed by atoms with van der Waals surface area (Å²) in [7, 11) is 1.62. The fourth-order valence-electron chi connectivity index (χ4n) is 3.99. The number of hydrogen-bond donors (Lipinski definition) is 0. The van der Waals surface area contributed by atoms with Crippen LogP contribution >= 0.6 is 22.9 Å². The molecule has 140 valence electrons. The second kappa shape index (κ2) is 7.61. The smallest absolute Gasteiger partial charge is 0.225 e.